The van der Waals surface area contributed by atoms with Gasteiger partial charge in [0, 0.05) is 5.41 Å². The Morgan fingerprint density at radius 1 is 1.20 bits per heavy atom. The van der Waals surface area contributed by atoms with Gasteiger partial charge < -0.3 is 5.11 Å². The number of unbranched alkanes of at least 4 members (excludes halogenated alkanes) is 1. The first-order chi connectivity index (χ1) is 9.33. The van der Waals surface area contributed by atoms with Gasteiger partial charge in [0.05, 0.1) is 11.0 Å². The van der Waals surface area contributed by atoms with Crippen molar-refractivity contribution in [3.63, 3.8) is 0 Å². The van der Waals surface area contributed by atoms with Crippen LogP contribution >= 0.6 is 0 Å². The SMILES string of the molecule is Cc1ccc(S(=O)(=O)/C=C/CCCC(O)C(C)C)cc1. The number of rotatable bonds is 7. The highest BCUT2D eigenvalue weighted by molar-refractivity contribution is 7.94. The van der Waals surface area contributed by atoms with Crippen molar-refractivity contribution in [2.45, 2.75) is 51.0 Å². The largest absolute Gasteiger partial charge is 0.393 e. The highest BCUT2D eigenvalue weighted by Gasteiger charge is 2.10. The molecule has 1 aromatic carbocycles. The fraction of sp³-hybridized carbons (Fsp3) is 0.500. The van der Waals surface area contributed by atoms with Crippen LogP contribution in [-0.2, 0) is 9.84 Å². The lowest BCUT2D eigenvalue weighted by Crippen LogP contribution is -2.13. The average Bonchev–Trinajstić information content (AvgIpc) is 2.38. The van der Waals surface area contributed by atoms with Crippen LogP contribution in [0.25, 0.3) is 0 Å². The first-order valence-electron chi connectivity index (χ1n) is 6.99. The van der Waals surface area contributed by atoms with Crippen molar-refractivity contribution < 1.29 is 13.5 Å². The van der Waals surface area contributed by atoms with Gasteiger partial charge in [-0.25, -0.2) is 8.42 Å². The summed E-state index contributed by atoms with van der Waals surface area (Å²) in [7, 11) is -3.34. The van der Waals surface area contributed by atoms with Gasteiger partial charge in [-0.05, 0) is 44.2 Å². The van der Waals surface area contributed by atoms with Crippen LogP contribution in [0.5, 0.6) is 0 Å². The number of sulfone groups is 1. The molecule has 1 atom stereocenters. The minimum absolute atomic E-state index is 0.246. The molecule has 0 radical (unpaired) electrons. The summed E-state index contributed by atoms with van der Waals surface area (Å²) in [6, 6.07) is 6.83. The summed E-state index contributed by atoms with van der Waals surface area (Å²) in [5.41, 5.74) is 1.04. The molecule has 0 aliphatic carbocycles. The molecule has 0 amide bonds. The van der Waals surface area contributed by atoms with Crippen LogP contribution in [0.2, 0.25) is 0 Å². The van der Waals surface area contributed by atoms with Crippen molar-refractivity contribution in [2.75, 3.05) is 0 Å². The molecule has 1 rings (SSSR count). The summed E-state index contributed by atoms with van der Waals surface area (Å²) in [6.07, 6.45) is 3.51. The van der Waals surface area contributed by atoms with Gasteiger partial charge in [0.1, 0.15) is 0 Å². The van der Waals surface area contributed by atoms with Gasteiger partial charge in [0.15, 0.2) is 9.84 Å². The first kappa shape index (κ1) is 16.9. The average molecular weight is 296 g/mol. The normalized spacial score (nSPS) is 14.1. The molecule has 3 nitrogen and oxygen atoms in total. The van der Waals surface area contributed by atoms with Crippen molar-refractivity contribution in [3.05, 3.63) is 41.3 Å². The van der Waals surface area contributed by atoms with Gasteiger partial charge >= 0.3 is 0 Å². The van der Waals surface area contributed by atoms with E-state index in [4.69, 9.17) is 0 Å². The van der Waals surface area contributed by atoms with E-state index in [1.165, 1.54) is 5.41 Å². The molecule has 0 fully saturated rings. The standard InChI is InChI=1S/C16H24O3S/c1-13(2)16(17)7-5-4-6-12-20(18,19)15-10-8-14(3)9-11-15/h6,8-13,16-17H,4-5,7H2,1-3H3/b12-6+. The molecule has 0 bridgehead atoms. The Morgan fingerprint density at radius 2 is 1.80 bits per heavy atom. The van der Waals surface area contributed by atoms with Crippen LogP contribution in [0.15, 0.2) is 40.6 Å². The van der Waals surface area contributed by atoms with Gasteiger partial charge in [-0.3, -0.25) is 0 Å². The van der Waals surface area contributed by atoms with Crippen LogP contribution in [0.4, 0.5) is 0 Å². The molecule has 0 spiro atoms. The van der Waals surface area contributed by atoms with Crippen molar-refractivity contribution in [1.82, 2.24) is 0 Å². The molecule has 0 saturated carbocycles. The predicted molar refractivity (Wildman–Crippen MR) is 82.2 cm³/mol. The van der Waals surface area contributed by atoms with Gasteiger partial charge in [-0.1, -0.05) is 37.6 Å². The Kier molecular flexibility index (Phi) is 6.43. The first-order valence-corrected chi connectivity index (χ1v) is 8.54. The Bertz CT molecular complexity index is 527. The molecule has 1 N–H and O–H groups in total. The van der Waals surface area contributed by atoms with Crippen LogP contribution < -0.4 is 0 Å². The second-order valence-corrected chi connectivity index (χ2v) is 7.31. The van der Waals surface area contributed by atoms with E-state index in [0.29, 0.717) is 17.7 Å². The molecule has 0 aliphatic rings. The maximum absolute atomic E-state index is 12.0. The second kappa shape index (κ2) is 7.60. The number of aliphatic hydroxyl groups excluding tert-OH is 1. The molecule has 0 aromatic heterocycles. The van der Waals surface area contributed by atoms with Gasteiger partial charge in [-0.2, -0.15) is 0 Å². The number of hydrogen-bond donors (Lipinski definition) is 1. The molecule has 1 aromatic rings. The molecule has 112 valence electrons. The summed E-state index contributed by atoms with van der Waals surface area (Å²) >= 11 is 0. The third-order valence-corrected chi connectivity index (χ3v) is 4.75. The molecule has 4 heteroatoms. The minimum Gasteiger partial charge on any atom is -0.393 e. The zero-order valence-corrected chi connectivity index (χ0v) is 13.2. The lowest BCUT2D eigenvalue weighted by Gasteiger charge is -2.12. The van der Waals surface area contributed by atoms with E-state index in [-0.39, 0.29) is 12.0 Å². The fourth-order valence-corrected chi connectivity index (χ4v) is 2.84. The number of aliphatic hydroxyl groups is 1. The van der Waals surface area contributed by atoms with E-state index in [0.717, 1.165) is 12.0 Å². The van der Waals surface area contributed by atoms with Crippen molar-refractivity contribution in [3.8, 4) is 0 Å². The third kappa shape index (κ3) is 5.47. The monoisotopic (exact) mass is 296 g/mol. The number of hydrogen-bond acceptors (Lipinski definition) is 3. The Hall–Kier alpha value is -1.13. The highest BCUT2D eigenvalue weighted by Crippen LogP contribution is 2.14. The Labute approximate surface area is 122 Å². The lowest BCUT2D eigenvalue weighted by atomic mass is 10.0. The quantitative estimate of drug-likeness (QED) is 0.784. The third-order valence-electron chi connectivity index (χ3n) is 3.27. The van der Waals surface area contributed by atoms with Crippen LogP contribution in [-0.4, -0.2) is 19.6 Å². The van der Waals surface area contributed by atoms with Crippen LogP contribution in [0, 0.1) is 12.8 Å². The molecule has 0 saturated heterocycles. The molecular formula is C16H24O3S. The maximum Gasteiger partial charge on any atom is 0.199 e. The van der Waals surface area contributed by atoms with Crippen LogP contribution in [0.1, 0.15) is 38.7 Å². The van der Waals surface area contributed by atoms with Crippen molar-refractivity contribution >= 4 is 9.84 Å². The minimum atomic E-state index is -3.34. The maximum atomic E-state index is 12.0. The Morgan fingerprint density at radius 3 is 2.35 bits per heavy atom. The summed E-state index contributed by atoms with van der Waals surface area (Å²) in [4.78, 5) is 0.321. The van der Waals surface area contributed by atoms with Gasteiger partial charge in [0.2, 0.25) is 0 Å². The summed E-state index contributed by atoms with van der Waals surface area (Å²) in [5, 5.41) is 10.9. The second-order valence-electron chi connectivity index (χ2n) is 5.47. The molecular weight excluding hydrogens is 272 g/mol. The van der Waals surface area contributed by atoms with E-state index >= 15 is 0 Å². The van der Waals surface area contributed by atoms with E-state index in [2.05, 4.69) is 0 Å². The smallest absolute Gasteiger partial charge is 0.199 e. The van der Waals surface area contributed by atoms with Gasteiger partial charge in [-0.15, -0.1) is 0 Å². The van der Waals surface area contributed by atoms with Gasteiger partial charge in [0.25, 0.3) is 0 Å². The molecule has 0 aliphatic heterocycles. The van der Waals surface area contributed by atoms with E-state index < -0.39 is 9.84 Å². The summed E-state index contributed by atoms with van der Waals surface area (Å²) in [6.45, 7) is 5.87. The van der Waals surface area contributed by atoms with Crippen molar-refractivity contribution in [2.24, 2.45) is 5.92 Å². The molecule has 20 heavy (non-hydrogen) atoms. The van der Waals surface area contributed by atoms with E-state index in [9.17, 15) is 13.5 Å². The Balaban J connectivity index is 2.50. The zero-order chi connectivity index (χ0) is 15.2. The summed E-state index contributed by atoms with van der Waals surface area (Å²) < 4.78 is 24.0. The summed E-state index contributed by atoms with van der Waals surface area (Å²) in [5.74, 6) is 0.246. The highest BCUT2D eigenvalue weighted by atomic mass is 32.2. The fourth-order valence-electron chi connectivity index (χ4n) is 1.78. The lowest BCUT2D eigenvalue weighted by molar-refractivity contribution is 0.114. The topological polar surface area (TPSA) is 54.4 Å². The zero-order valence-electron chi connectivity index (χ0n) is 12.4. The van der Waals surface area contributed by atoms with Crippen molar-refractivity contribution in [1.29, 1.82) is 0 Å². The number of aryl methyl sites for hydroxylation is 1. The van der Waals surface area contributed by atoms with Crippen LogP contribution in [0.3, 0.4) is 0 Å². The number of benzene rings is 1. The van der Waals surface area contributed by atoms with E-state index in [1.54, 1.807) is 30.3 Å². The molecule has 1 unspecified atom stereocenters. The number of allylic oxidation sites excluding steroid dienone is 1. The van der Waals surface area contributed by atoms with E-state index in [1.807, 2.05) is 20.8 Å². The predicted octanol–water partition coefficient (Wildman–Crippen LogP) is 3.47. The molecule has 0 heterocycles.